The number of amides is 1. The number of alkyl halides is 3. The van der Waals surface area contributed by atoms with Gasteiger partial charge in [-0.05, 0) is 42.2 Å². The van der Waals surface area contributed by atoms with E-state index in [1.165, 1.54) is 12.1 Å². The molecule has 0 saturated heterocycles. The fourth-order valence-corrected chi connectivity index (χ4v) is 3.13. The van der Waals surface area contributed by atoms with E-state index in [0.29, 0.717) is 12.6 Å². The first-order chi connectivity index (χ1) is 12.1. The van der Waals surface area contributed by atoms with Crippen LogP contribution in [-0.4, -0.2) is 19.3 Å². The van der Waals surface area contributed by atoms with E-state index in [9.17, 15) is 26.4 Å². The molecule has 3 N–H and O–H groups in total. The standard InChI is InChI=1S/C16H14F3N3O3S/c17-16(18,19)10-3-6-14(21-8-10)22-15(23)13-7-12(13)9-1-4-11(5-2-9)26(20,24)25/h1-6,8,12-13H,7H2,(H2,20,24,25)(H,21,22,23)/t12-,13+/m1/s1. The maximum Gasteiger partial charge on any atom is 0.417 e. The molecule has 3 rings (SSSR count). The third kappa shape index (κ3) is 4.02. The average Bonchev–Trinajstić information content (AvgIpc) is 3.34. The molecule has 0 aliphatic heterocycles. The third-order valence-electron chi connectivity index (χ3n) is 4.11. The van der Waals surface area contributed by atoms with Crippen molar-refractivity contribution >= 4 is 21.7 Å². The van der Waals surface area contributed by atoms with Gasteiger partial charge in [0.15, 0.2) is 0 Å². The molecule has 10 heteroatoms. The van der Waals surface area contributed by atoms with Crippen molar-refractivity contribution in [2.24, 2.45) is 11.1 Å². The minimum Gasteiger partial charge on any atom is -0.310 e. The molecule has 138 valence electrons. The monoisotopic (exact) mass is 385 g/mol. The van der Waals surface area contributed by atoms with Crippen LogP contribution in [0.3, 0.4) is 0 Å². The lowest BCUT2D eigenvalue weighted by Gasteiger charge is -2.08. The summed E-state index contributed by atoms with van der Waals surface area (Å²) in [6.07, 6.45) is -3.27. The molecule has 0 spiro atoms. The van der Waals surface area contributed by atoms with E-state index in [4.69, 9.17) is 5.14 Å². The van der Waals surface area contributed by atoms with Crippen LogP contribution < -0.4 is 10.5 Å². The molecular formula is C16H14F3N3O3S. The summed E-state index contributed by atoms with van der Waals surface area (Å²) in [5.41, 5.74) is -0.104. The number of benzene rings is 1. The van der Waals surface area contributed by atoms with Crippen LogP contribution in [0.15, 0.2) is 47.5 Å². The summed E-state index contributed by atoms with van der Waals surface area (Å²) in [6, 6.07) is 7.87. The van der Waals surface area contributed by atoms with Gasteiger partial charge in [0.2, 0.25) is 15.9 Å². The Hall–Kier alpha value is -2.46. The van der Waals surface area contributed by atoms with Crippen LogP contribution in [0, 0.1) is 5.92 Å². The van der Waals surface area contributed by atoms with Crippen LogP contribution in [0.1, 0.15) is 23.5 Å². The second kappa shape index (κ2) is 6.36. The van der Waals surface area contributed by atoms with Gasteiger partial charge >= 0.3 is 6.18 Å². The number of pyridine rings is 1. The molecule has 1 amide bonds. The zero-order valence-corrected chi connectivity index (χ0v) is 14.0. The van der Waals surface area contributed by atoms with Gasteiger partial charge in [-0.15, -0.1) is 0 Å². The first-order valence-electron chi connectivity index (χ1n) is 7.52. The SMILES string of the molecule is NS(=O)(=O)c1ccc([C@H]2C[C@@H]2C(=O)Nc2ccc(C(F)(F)F)cn2)cc1. The lowest BCUT2D eigenvalue weighted by Crippen LogP contribution is -2.16. The van der Waals surface area contributed by atoms with Crippen molar-refractivity contribution in [1.29, 1.82) is 0 Å². The van der Waals surface area contributed by atoms with E-state index >= 15 is 0 Å². The number of nitrogens with two attached hydrogens (primary N) is 1. The Bertz CT molecular complexity index is 926. The number of primary sulfonamides is 1. The van der Waals surface area contributed by atoms with Crippen molar-refractivity contribution in [1.82, 2.24) is 4.98 Å². The summed E-state index contributed by atoms with van der Waals surface area (Å²) >= 11 is 0. The predicted octanol–water partition coefficient (Wildman–Crippen LogP) is 2.49. The highest BCUT2D eigenvalue weighted by Crippen LogP contribution is 2.48. The number of carbonyl (C=O) groups is 1. The molecule has 26 heavy (non-hydrogen) atoms. The molecule has 2 aromatic rings. The zero-order chi connectivity index (χ0) is 19.1. The number of nitrogens with one attached hydrogen (secondary N) is 1. The van der Waals surface area contributed by atoms with Gasteiger partial charge in [0.1, 0.15) is 5.82 Å². The lowest BCUT2D eigenvalue weighted by molar-refractivity contribution is -0.137. The Morgan fingerprint density at radius 3 is 2.31 bits per heavy atom. The molecule has 2 atom stereocenters. The van der Waals surface area contributed by atoms with Crippen molar-refractivity contribution in [2.45, 2.75) is 23.4 Å². The highest BCUT2D eigenvalue weighted by atomic mass is 32.2. The van der Waals surface area contributed by atoms with Gasteiger partial charge in [-0.1, -0.05) is 12.1 Å². The quantitative estimate of drug-likeness (QED) is 0.844. The van der Waals surface area contributed by atoms with Crippen LogP contribution in [-0.2, 0) is 21.0 Å². The Labute approximate surface area is 147 Å². The van der Waals surface area contributed by atoms with E-state index in [0.717, 1.165) is 17.7 Å². The summed E-state index contributed by atoms with van der Waals surface area (Å²) in [7, 11) is -3.78. The highest BCUT2D eigenvalue weighted by Gasteiger charge is 2.44. The van der Waals surface area contributed by atoms with Gasteiger partial charge in [0.25, 0.3) is 0 Å². The number of anilines is 1. The molecule has 0 radical (unpaired) electrons. The minimum atomic E-state index is -4.49. The van der Waals surface area contributed by atoms with Crippen LogP contribution in [0.2, 0.25) is 0 Å². The van der Waals surface area contributed by atoms with Crippen molar-refractivity contribution in [2.75, 3.05) is 5.32 Å². The average molecular weight is 385 g/mol. The van der Waals surface area contributed by atoms with Crippen LogP contribution in [0.25, 0.3) is 0 Å². The summed E-state index contributed by atoms with van der Waals surface area (Å²) < 4.78 is 59.9. The summed E-state index contributed by atoms with van der Waals surface area (Å²) in [5, 5.41) is 7.51. The van der Waals surface area contributed by atoms with E-state index in [-0.39, 0.29) is 28.5 Å². The molecule has 0 unspecified atom stereocenters. The third-order valence-corrected chi connectivity index (χ3v) is 5.04. The topological polar surface area (TPSA) is 102 Å². The molecule has 1 heterocycles. The molecule has 1 saturated carbocycles. The maximum absolute atomic E-state index is 12.5. The van der Waals surface area contributed by atoms with Gasteiger partial charge in [-0.25, -0.2) is 18.5 Å². The fraction of sp³-hybridized carbons (Fsp3) is 0.250. The van der Waals surface area contributed by atoms with Crippen LogP contribution >= 0.6 is 0 Å². The largest absolute Gasteiger partial charge is 0.417 e. The van der Waals surface area contributed by atoms with Crippen molar-refractivity contribution in [3.8, 4) is 0 Å². The second-order valence-corrected chi connectivity index (χ2v) is 7.54. The zero-order valence-electron chi connectivity index (χ0n) is 13.2. The number of aromatic nitrogens is 1. The van der Waals surface area contributed by atoms with Gasteiger partial charge in [-0.2, -0.15) is 13.2 Å². The Morgan fingerprint density at radius 2 is 1.81 bits per heavy atom. The van der Waals surface area contributed by atoms with E-state index in [1.54, 1.807) is 12.1 Å². The van der Waals surface area contributed by atoms with Gasteiger partial charge in [0.05, 0.1) is 10.5 Å². The van der Waals surface area contributed by atoms with Gasteiger partial charge in [0, 0.05) is 12.1 Å². The van der Waals surface area contributed by atoms with E-state index in [1.807, 2.05) is 0 Å². The predicted molar refractivity (Wildman–Crippen MR) is 86.5 cm³/mol. The molecule has 1 aromatic heterocycles. The summed E-state index contributed by atoms with van der Waals surface area (Å²) in [4.78, 5) is 15.8. The minimum absolute atomic E-state index is 0.0168. The van der Waals surface area contributed by atoms with Crippen LogP contribution in [0.4, 0.5) is 19.0 Å². The van der Waals surface area contributed by atoms with Gasteiger partial charge in [-0.3, -0.25) is 4.79 Å². The second-order valence-electron chi connectivity index (χ2n) is 5.98. The molecule has 6 nitrogen and oxygen atoms in total. The Kier molecular flexibility index (Phi) is 4.49. The number of hydrogen-bond acceptors (Lipinski definition) is 4. The molecule has 1 aromatic carbocycles. The van der Waals surface area contributed by atoms with Crippen molar-refractivity contribution in [3.05, 3.63) is 53.7 Å². The molecule has 1 aliphatic rings. The molecular weight excluding hydrogens is 371 g/mol. The molecule has 0 bridgehead atoms. The summed E-state index contributed by atoms with van der Waals surface area (Å²) in [5.74, 6) is -0.741. The highest BCUT2D eigenvalue weighted by molar-refractivity contribution is 7.89. The normalized spacial score (nSPS) is 19.8. The lowest BCUT2D eigenvalue weighted by atomic mass is 10.1. The molecule has 1 aliphatic carbocycles. The maximum atomic E-state index is 12.5. The number of rotatable bonds is 4. The molecule has 1 fully saturated rings. The van der Waals surface area contributed by atoms with E-state index in [2.05, 4.69) is 10.3 Å². The van der Waals surface area contributed by atoms with Crippen molar-refractivity contribution < 1.29 is 26.4 Å². The Morgan fingerprint density at radius 1 is 1.15 bits per heavy atom. The number of halogens is 3. The number of nitrogens with zero attached hydrogens (tertiary/aromatic N) is 1. The van der Waals surface area contributed by atoms with E-state index < -0.39 is 21.8 Å². The van der Waals surface area contributed by atoms with Gasteiger partial charge < -0.3 is 5.32 Å². The fourth-order valence-electron chi connectivity index (χ4n) is 2.61. The first kappa shape index (κ1) is 18.3. The Balaban J connectivity index is 1.62. The van der Waals surface area contributed by atoms with Crippen molar-refractivity contribution in [3.63, 3.8) is 0 Å². The number of hydrogen-bond donors (Lipinski definition) is 2. The number of carbonyl (C=O) groups excluding carboxylic acids is 1. The smallest absolute Gasteiger partial charge is 0.310 e. The first-order valence-corrected chi connectivity index (χ1v) is 9.07. The number of sulfonamides is 1. The van der Waals surface area contributed by atoms with Crippen LogP contribution in [0.5, 0.6) is 0 Å². The summed E-state index contributed by atoms with van der Waals surface area (Å²) in [6.45, 7) is 0.